The van der Waals surface area contributed by atoms with E-state index in [1.54, 1.807) is 0 Å². The Kier molecular flexibility index (Phi) is 3.43. The second-order valence-electron chi connectivity index (χ2n) is 4.48. The van der Waals surface area contributed by atoms with Crippen LogP contribution in [0.5, 0.6) is 0 Å². The first-order chi connectivity index (χ1) is 7.15. The van der Waals surface area contributed by atoms with Gasteiger partial charge in [-0.1, -0.05) is 0 Å². The minimum atomic E-state index is 0.391. The molecule has 1 nitrogen and oxygen atoms in total. The third-order valence-corrected chi connectivity index (χ3v) is 5.70. The van der Waals surface area contributed by atoms with Crippen molar-refractivity contribution in [3.05, 3.63) is 21.9 Å². The zero-order chi connectivity index (χ0) is 10.9. The van der Waals surface area contributed by atoms with Crippen LogP contribution in [0.4, 0.5) is 0 Å². The van der Waals surface area contributed by atoms with Crippen molar-refractivity contribution in [2.75, 3.05) is 12.8 Å². The lowest BCUT2D eigenvalue weighted by molar-refractivity contribution is 0.441. The number of hydrogen-bond donors (Lipinski definition) is 1. The summed E-state index contributed by atoms with van der Waals surface area (Å²) in [6, 6.07) is 2.84. The van der Waals surface area contributed by atoms with Crippen molar-refractivity contribution in [3.8, 4) is 0 Å². The van der Waals surface area contributed by atoms with Crippen LogP contribution in [0.25, 0.3) is 0 Å². The van der Waals surface area contributed by atoms with Crippen molar-refractivity contribution < 1.29 is 0 Å². The van der Waals surface area contributed by atoms with Gasteiger partial charge in [0.05, 0.1) is 0 Å². The largest absolute Gasteiger partial charge is 0.312 e. The van der Waals surface area contributed by atoms with E-state index < -0.39 is 0 Å². The van der Waals surface area contributed by atoms with Gasteiger partial charge in [-0.3, -0.25) is 0 Å². The Morgan fingerprint density at radius 2 is 2.33 bits per heavy atom. The summed E-state index contributed by atoms with van der Waals surface area (Å²) in [6.07, 6.45) is 2.69. The molecule has 15 heavy (non-hydrogen) atoms. The van der Waals surface area contributed by atoms with Gasteiger partial charge in [0.25, 0.3) is 0 Å². The highest BCUT2D eigenvalue weighted by Gasteiger charge is 2.38. The third-order valence-electron chi connectivity index (χ3n) is 3.23. The van der Waals surface area contributed by atoms with Gasteiger partial charge in [0, 0.05) is 15.7 Å². The molecule has 2 rings (SSSR count). The van der Waals surface area contributed by atoms with E-state index in [4.69, 9.17) is 0 Å². The topological polar surface area (TPSA) is 12.0 Å². The molecule has 0 radical (unpaired) electrons. The molecule has 2 atom stereocenters. The normalized spacial score (nSPS) is 28.2. The highest BCUT2D eigenvalue weighted by atomic mass is 32.2. The Morgan fingerprint density at radius 3 is 2.80 bits per heavy atom. The van der Waals surface area contributed by atoms with Crippen LogP contribution in [-0.2, 0) is 0 Å². The van der Waals surface area contributed by atoms with Crippen LogP contribution in [0.15, 0.2) is 11.4 Å². The smallest absolute Gasteiger partial charge is 0.0472 e. The maximum atomic E-state index is 3.50. The van der Waals surface area contributed by atoms with Crippen LogP contribution >= 0.6 is 23.1 Å². The average molecular weight is 241 g/mol. The lowest BCUT2D eigenvalue weighted by Gasteiger charge is -2.32. The third kappa shape index (κ3) is 2.24. The Labute approximate surface area is 101 Å². The van der Waals surface area contributed by atoms with E-state index in [1.165, 1.54) is 29.0 Å². The molecule has 1 fully saturated rings. The van der Waals surface area contributed by atoms with Crippen molar-refractivity contribution in [3.63, 3.8) is 0 Å². The summed E-state index contributed by atoms with van der Waals surface area (Å²) >= 11 is 3.98. The first-order valence-electron chi connectivity index (χ1n) is 5.52. The molecular weight excluding hydrogens is 222 g/mol. The van der Waals surface area contributed by atoms with Gasteiger partial charge in [-0.2, -0.15) is 11.8 Å². The van der Waals surface area contributed by atoms with Gasteiger partial charge in [-0.25, -0.2) is 0 Å². The maximum Gasteiger partial charge on any atom is 0.0472 e. The van der Waals surface area contributed by atoms with Gasteiger partial charge in [0.15, 0.2) is 0 Å². The quantitative estimate of drug-likeness (QED) is 0.868. The predicted octanol–water partition coefficient (Wildman–Crippen LogP) is 3.60. The van der Waals surface area contributed by atoms with E-state index in [0.717, 1.165) is 0 Å². The molecule has 0 spiro atoms. The molecule has 2 unspecified atom stereocenters. The minimum Gasteiger partial charge on any atom is -0.312 e. The first kappa shape index (κ1) is 11.5. The second-order valence-corrected chi connectivity index (χ2v) is 7.22. The summed E-state index contributed by atoms with van der Waals surface area (Å²) in [5.74, 6) is 1.32. The van der Waals surface area contributed by atoms with Gasteiger partial charge in [0.1, 0.15) is 0 Å². The number of thiophene rings is 1. The zero-order valence-corrected chi connectivity index (χ0v) is 11.3. The van der Waals surface area contributed by atoms with Crippen LogP contribution in [0.2, 0.25) is 0 Å². The van der Waals surface area contributed by atoms with Crippen LogP contribution in [-0.4, -0.2) is 17.5 Å². The average Bonchev–Trinajstić information content (AvgIpc) is 2.78. The fraction of sp³-hybridized carbons (Fsp3) is 0.667. The maximum absolute atomic E-state index is 3.50. The van der Waals surface area contributed by atoms with Crippen LogP contribution in [0, 0.1) is 6.92 Å². The SMILES string of the molecule is CNC(c1csc(C)c1)C1(C)CCCS1. The highest BCUT2D eigenvalue weighted by molar-refractivity contribution is 8.00. The Bertz CT molecular complexity index is 326. The van der Waals surface area contributed by atoms with Gasteiger partial charge in [-0.15, -0.1) is 11.3 Å². The van der Waals surface area contributed by atoms with Crippen LogP contribution in [0.3, 0.4) is 0 Å². The van der Waals surface area contributed by atoms with E-state index in [1.807, 2.05) is 11.3 Å². The van der Waals surface area contributed by atoms with Crippen molar-refractivity contribution >= 4 is 23.1 Å². The summed E-state index contributed by atoms with van der Waals surface area (Å²) < 4.78 is 0.391. The van der Waals surface area contributed by atoms with E-state index in [9.17, 15) is 0 Å². The number of aryl methyl sites for hydroxylation is 1. The summed E-state index contributed by atoms with van der Waals surface area (Å²) in [6.45, 7) is 4.59. The Morgan fingerprint density at radius 1 is 1.53 bits per heavy atom. The lowest BCUT2D eigenvalue weighted by atomic mass is 9.92. The molecule has 0 aliphatic carbocycles. The molecule has 1 aromatic heterocycles. The van der Waals surface area contributed by atoms with Crippen LogP contribution < -0.4 is 5.32 Å². The lowest BCUT2D eigenvalue weighted by Crippen LogP contribution is -2.35. The molecule has 2 heterocycles. The number of thioether (sulfide) groups is 1. The van der Waals surface area contributed by atoms with E-state index in [-0.39, 0.29) is 0 Å². The molecule has 0 aromatic carbocycles. The monoisotopic (exact) mass is 241 g/mol. The molecule has 1 aliphatic rings. The molecule has 3 heteroatoms. The first-order valence-corrected chi connectivity index (χ1v) is 7.38. The van der Waals surface area contributed by atoms with Gasteiger partial charge < -0.3 is 5.32 Å². The fourth-order valence-electron chi connectivity index (χ4n) is 2.47. The standard InChI is InChI=1S/C12H19NS2/c1-9-7-10(8-14-9)11(13-3)12(2)5-4-6-15-12/h7-8,11,13H,4-6H2,1-3H3. The minimum absolute atomic E-state index is 0.391. The Balaban J connectivity index is 2.23. The fourth-order valence-corrected chi connectivity index (χ4v) is 4.66. The van der Waals surface area contributed by atoms with E-state index in [2.05, 4.69) is 49.4 Å². The number of hydrogen-bond acceptors (Lipinski definition) is 3. The van der Waals surface area contributed by atoms with E-state index in [0.29, 0.717) is 10.8 Å². The molecular formula is C12H19NS2. The molecule has 0 bridgehead atoms. The van der Waals surface area contributed by atoms with Crippen molar-refractivity contribution in [2.24, 2.45) is 0 Å². The molecule has 0 saturated carbocycles. The van der Waals surface area contributed by atoms with E-state index >= 15 is 0 Å². The molecule has 1 saturated heterocycles. The Hall–Kier alpha value is 0.01000. The zero-order valence-electron chi connectivity index (χ0n) is 9.67. The predicted molar refractivity (Wildman–Crippen MR) is 71.0 cm³/mol. The second kappa shape index (κ2) is 4.48. The summed E-state index contributed by atoms with van der Waals surface area (Å²) in [5.41, 5.74) is 1.47. The van der Waals surface area contributed by atoms with Crippen molar-refractivity contribution in [1.29, 1.82) is 0 Å². The van der Waals surface area contributed by atoms with Crippen molar-refractivity contribution in [2.45, 2.75) is 37.5 Å². The summed E-state index contributed by atoms with van der Waals surface area (Å²) in [5, 5.41) is 5.81. The molecule has 1 aliphatic heterocycles. The van der Waals surface area contributed by atoms with Gasteiger partial charge in [0.2, 0.25) is 0 Å². The van der Waals surface area contributed by atoms with Gasteiger partial charge in [-0.05, 0) is 56.5 Å². The number of rotatable bonds is 3. The molecule has 1 N–H and O–H groups in total. The van der Waals surface area contributed by atoms with Crippen LogP contribution in [0.1, 0.15) is 36.2 Å². The molecule has 0 amide bonds. The van der Waals surface area contributed by atoms with Gasteiger partial charge >= 0.3 is 0 Å². The molecule has 1 aromatic rings. The van der Waals surface area contributed by atoms with Crippen molar-refractivity contribution in [1.82, 2.24) is 5.32 Å². The summed E-state index contributed by atoms with van der Waals surface area (Å²) in [7, 11) is 2.09. The highest BCUT2D eigenvalue weighted by Crippen LogP contribution is 2.46. The molecule has 84 valence electrons. The number of nitrogens with one attached hydrogen (secondary N) is 1. The summed E-state index contributed by atoms with van der Waals surface area (Å²) in [4.78, 5) is 1.41.